The number of aromatic nitrogens is 1. The summed E-state index contributed by atoms with van der Waals surface area (Å²) in [4.78, 5) is 32.2. The molecule has 140 valence electrons. The second-order valence-corrected chi connectivity index (χ2v) is 7.35. The number of urea groups is 1. The van der Waals surface area contributed by atoms with E-state index in [4.69, 9.17) is 0 Å². The lowest BCUT2D eigenvalue weighted by molar-refractivity contribution is -0.134. The van der Waals surface area contributed by atoms with Crippen LogP contribution in [0.3, 0.4) is 0 Å². The number of carbonyl (C=O) groups is 2. The molecule has 1 aromatic carbocycles. The Morgan fingerprint density at radius 1 is 1.11 bits per heavy atom. The second kappa shape index (κ2) is 7.12. The van der Waals surface area contributed by atoms with Crippen LogP contribution in [0.4, 0.5) is 4.79 Å². The Balaban J connectivity index is 1.70. The molecule has 3 amide bonds. The van der Waals surface area contributed by atoms with Gasteiger partial charge in [-0.05, 0) is 56.5 Å². The molecule has 2 aromatic rings. The molecule has 0 aliphatic carbocycles. The number of aryl methyl sites for hydroxylation is 1. The Morgan fingerprint density at radius 3 is 2.52 bits per heavy atom. The highest BCUT2D eigenvalue weighted by molar-refractivity contribution is 6.07. The summed E-state index contributed by atoms with van der Waals surface area (Å²) < 4.78 is 0. The van der Waals surface area contributed by atoms with Crippen molar-refractivity contribution >= 4 is 11.9 Å². The van der Waals surface area contributed by atoms with Crippen LogP contribution in [0.5, 0.6) is 0 Å². The van der Waals surface area contributed by atoms with E-state index in [0.29, 0.717) is 5.69 Å². The molecule has 27 heavy (non-hydrogen) atoms. The van der Waals surface area contributed by atoms with E-state index in [9.17, 15) is 9.59 Å². The predicted molar refractivity (Wildman–Crippen MR) is 102 cm³/mol. The number of amides is 3. The van der Waals surface area contributed by atoms with Crippen molar-refractivity contribution in [3.05, 3.63) is 65.5 Å². The normalized spacial score (nSPS) is 23.5. The van der Waals surface area contributed by atoms with E-state index >= 15 is 0 Å². The van der Waals surface area contributed by atoms with E-state index in [-0.39, 0.29) is 24.4 Å². The molecule has 0 radical (unpaired) electrons. The van der Waals surface area contributed by atoms with Crippen molar-refractivity contribution in [3.8, 4) is 0 Å². The fourth-order valence-electron chi connectivity index (χ4n) is 4.12. The summed E-state index contributed by atoms with van der Waals surface area (Å²) in [7, 11) is 0. The first kappa shape index (κ1) is 17.7. The summed E-state index contributed by atoms with van der Waals surface area (Å²) in [6.45, 7) is 3.95. The molecular weight excluding hydrogens is 340 g/mol. The first-order valence-corrected chi connectivity index (χ1v) is 9.43. The maximum atomic E-state index is 13.6. The molecule has 2 aliphatic heterocycles. The molecule has 2 fully saturated rings. The fraction of sp³-hybridized carbons (Fsp3) is 0.381. The van der Waals surface area contributed by atoms with Gasteiger partial charge in [0.2, 0.25) is 0 Å². The number of nitrogens with zero attached hydrogens (tertiary/aromatic N) is 2. The smallest absolute Gasteiger partial charge is 0.318 e. The van der Waals surface area contributed by atoms with Gasteiger partial charge in [0.05, 0.1) is 12.2 Å². The number of nitrogens with one attached hydrogen (secondary N) is 2. The maximum Gasteiger partial charge on any atom is 0.325 e. The van der Waals surface area contributed by atoms with Crippen molar-refractivity contribution < 1.29 is 9.59 Å². The molecular formula is C21H24N4O2. The first-order chi connectivity index (χ1) is 13.1. The predicted octanol–water partition coefficient (Wildman–Crippen LogP) is 2.34. The van der Waals surface area contributed by atoms with E-state index in [0.717, 1.165) is 37.1 Å². The van der Waals surface area contributed by atoms with E-state index in [1.807, 2.05) is 49.4 Å². The Kier molecular flexibility index (Phi) is 4.66. The molecule has 0 saturated carbocycles. The maximum absolute atomic E-state index is 13.6. The fourth-order valence-corrected chi connectivity index (χ4v) is 4.12. The summed E-state index contributed by atoms with van der Waals surface area (Å²) in [5.74, 6) is -0.174. The molecule has 6 nitrogen and oxygen atoms in total. The van der Waals surface area contributed by atoms with E-state index in [1.54, 1.807) is 6.20 Å². The van der Waals surface area contributed by atoms with E-state index < -0.39 is 5.54 Å². The topological polar surface area (TPSA) is 74.3 Å². The number of benzene rings is 1. The van der Waals surface area contributed by atoms with Crippen LogP contribution >= 0.6 is 0 Å². The van der Waals surface area contributed by atoms with Gasteiger partial charge in [0, 0.05) is 6.20 Å². The van der Waals surface area contributed by atoms with Gasteiger partial charge in [-0.2, -0.15) is 0 Å². The largest absolute Gasteiger partial charge is 0.325 e. The number of carbonyl (C=O) groups excluding carboxylic acids is 2. The lowest BCUT2D eigenvalue weighted by Crippen LogP contribution is -2.53. The quantitative estimate of drug-likeness (QED) is 0.817. The van der Waals surface area contributed by atoms with Gasteiger partial charge < -0.3 is 10.6 Å². The Morgan fingerprint density at radius 2 is 1.85 bits per heavy atom. The number of piperidine rings is 1. The molecule has 2 aliphatic rings. The number of imide groups is 1. The summed E-state index contributed by atoms with van der Waals surface area (Å²) >= 11 is 0. The van der Waals surface area contributed by atoms with E-state index in [2.05, 4.69) is 15.6 Å². The number of pyridine rings is 1. The Labute approximate surface area is 159 Å². The van der Waals surface area contributed by atoms with Crippen LogP contribution in [-0.4, -0.2) is 34.9 Å². The molecule has 2 saturated heterocycles. The molecule has 2 N–H and O–H groups in total. The van der Waals surface area contributed by atoms with Gasteiger partial charge in [-0.25, -0.2) is 4.79 Å². The third kappa shape index (κ3) is 3.10. The SMILES string of the molecule is Cc1ccc(CN2C(=O)N[C@@](c3ccccn3)(C3CCNCC3)C2=O)cc1. The van der Waals surface area contributed by atoms with Crippen molar-refractivity contribution in [1.29, 1.82) is 0 Å². The number of rotatable bonds is 4. The summed E-state index contributed by atoms with van der Waals surface area (Å²) in [5, 5.41) is 6.36. The molecule has 4 rings (SSSR count). The van der Waals surface area contributed by atoms with E-state index in [1.165, 1.54) is 4.90 Å². The average molecular weight is 364 g/mol. The van der Waals surface area contributed by atoms with Crippen LogP contribution in [0.1, 0.15) is 29.7 Å². The van der Waals surface area contributed by atoms with Crippen LogP contribution in [0.2, 0.25) is 0 Å². The van der Waals surface area contributed by atoms with Gasteiger partial charge in [0.15, 0.2) is 5.54 Å². The zero-order valence-corrected chi connectivity index (χ0v) is 15.4. The second-order valence-electron chi connectivity index (χ2n) is 7.35. The summed E-state index contributed by atoms with van der Waals surface area (Å²) in [6.07, 6.45) is 3.32. The van der Waals surface area contributed by atoms with Crippen molar-refractivity contribution in [2.75, 3.05) is 13.1 Å². The van der Waals surface area contributed by atoms with Crippen molar-refractivity contribution in [2.24, 2.45) is 5.92 Å². The van der Waals surface area contributed by atoms with Gasteiger partial charge in [-0.1, -0.05) is 35.9 Å². The highest BCUT2D eigenvalue weighted by Gasteiger charge is 2.57. The number of hydrogen-bond donors (Lipinski definition) is 2. The zero-order valence-electron chi connectivity index (χ0n) is 15.4. The molecule has 1 aromatic heterocycles. The molecule has 3 heterocycles. The van der Waals surface area contributed by atoms with Crippen molar-refractivity contribution in [3.63, 3.8) is 0 Å². The van der Waals surface area contributed by atoms with Gasteiger partial charge in [0.1, 0.15) is 0 Å². The summed E-state index contributed by atoms with van der Waals surface area (Å²) in [6, 6.07) is 13.1. The molecule has 6 heteroatoms. The van der Waals surface area contributed by atoms with Crippen LogP contribution in [0, 0.1) is 12.8 Å². The Hall–Kier alpha value is -2.73. The molecule has 1 atom stereocenters. The summed E-state index contributed by atoms with van der Waals surface area (Å²) in [5.41, 5.74) is 1.63. The minimum Gasteiger partial charge on any atom is -0.318 e. The van der Waals surface area contributed by atoms with Crippen molar-refractivity contribution in [2.45, 2.75) is 31.8 Å². The molecule has 0 bridgehead atoms. The Bertz CT molecular complexity index is 831. The third-order valence-electron chi connectivity index (χ3n) is 5.61. The lowest BCUT2D eigenvalue weighted by Gasteiger charge is -2.37. The standard InChI is InChI=1S/C21H24N4O2/c1-15-5-7-16(8-6-15)14-25-19(26)21(24-20(25)27,17-9-12-22-13-10-17)18-4-2-3-11-23-18/h2-8,11,17,22H,9-10,12-14H2,1H3,(H,24,27)/t21-/m1/s1. The molecule has 0 spiro atoms. The first-order valence-electron chi connectivity index (χ1n) is 9.43. The molecule has 0 unspecified atom stereocenters. The van der Waals surface area contributed by atoms with Crippen LogP contribution < -0.4 is 10.6 Å². The highest BCUT2D eigenvalue weighted by Crippen LogP contribution is 2.40. The van der Waals surface area contributed by atoms with Crippen LogP contribution in [0.15, 0.2) is 48.7 Å². The highest BCUT2D eigenvalue weighted by atomic mass is 16.2. The van der Waals surface area contributed by atoms with Gasteiger partial charge in [-0.15, -0.1) is 0 Å². The lowest BCUT2D eigenvalue weighted by atomic mass is 9.75. The average Bonchev–Trinajstić information content (AvgIpc) is 2.96. The third-order valence-corrected chi connectivity index (χ3v) is 5.61. The monoisotopic (exact) mass is 364 g/mol. The van der Waals surface area contributed by atoms with Gasteiger partial charge >= 0.3 is 6.03 Å². The minimum atomic E-state index is -1.08. The van der Waals surface area contributed by atoms with Gasteiger partial charge in [0.25, 0.3) is 5.91 Å². The zero-order chi connectivity index (χ0) is 18.9. The van der Waals surface area contributed by atoms with Crippen LogP contribution in [0.25, 0.3) is 0 Å². The number of hydrogen-bond acceptors (Lipinski definition) is 4. The van der Waals surface area contributed by atoms with Crippen molar-refractivity contribution in [1.82, 2.24) is 20.5 Å². The van der Waals surface area contributed by atoms with Gasteiger partial charge in [-0.3, -0.25) is 14.7 Å². The minimum absolute atomic E-state index is 0.0214. The van der Waals surface area contributed by atoms with Crippen LogP contribution in [-0.2, 0) is 16.9 Å².